The number of thiazole rings is 1. The average Bonchev–Trinajstić information content (AvgIpc) is 3.52. The van der Waals surface area contributed by atoms with Crippen LogP contribution in [0.15, 0.2) is 105 Å². The highest BCUT2D eigenvalue weighted by atomic mass is 35.5. The van der Waals surface area contributed by atoms with Crippen LogP contribution in [-0.4, -0.2) is 4.57 Å². The van der Waals surface area contributed by atoms with Crippen LogP contribution in [0.1, 0.15) is 34.9 Å². The van der Waals surface area contributed by atoms with Gasteiger partial charge in [-0.05, 0) is 59.9 Å². The van der Waals surface area contributed by atoms with Crippen molar-refractivity contribution in [2.24, 2.45) is 4.99 Å². The second-order valence-corrected chi connectivity index (χ2v) is 11.2. The maximum Gasteiger partial charge on any atom is 0.271 e. The van der Waals surface area contributed by atoms with Gasteiger partial charge in [-0.15, -0.1) is 0 Å². The topological polar surface area (TPSA) is 47.5 Å². The molecular weight excluding hydrogens is 535 g/mol. The summed E-state index contributed by atoms with van der Waals surface area (Å²) in [7, 11) is 0. The summed E-state index contributed by atoms with van der Waals surface area (Å²) in [5.74, 6) is 1.18. The molecule has 1 aliphatic carbocycles. The summed E-state index contributed by atoms with van der Waals surface area (Å²) in [5, 5.41) is 1.07. The lowest BCUT2D eigenvalue weighted by atomic mass is 9.83. The third-order valence-corrected chi connectivity index (χ3v) is 8.62. The minimum Gasteiger partial charge on any atom is -0.457 e. The van der Waals surface area contributed by atoms with Crippen molar-refractivity contribution >= 4 is 46.3 Å². The predicted octanol–water partition coefficient (Wildman–Crippen LogP) is 6.89. The third-order valence-electron chi connectivity index (χ3n) is 7.08. The molecule has 0 N–H and O–H groups in total. The highest BCUT2D eigenvalue weighted by Crippen LogP contribution is 2.41. The average molecular weight is 555 g/mol. The summed E-state index contributed by atoms with van der Waals surface area (Å²) in [6.07, 6.45) is 3.58. The first-order valence-electron chi connectivity index (χ1n) is 12.3. The second kappa shape index (κ2) is 9.28. The molecular formula is C31H20Cl2N2O2S. The molecule has 0 saturated carbocycles. The predicted molar refractivity (Wildman–Crippen MR) is 153 cm³/mol. The Labute approximate surface area is 232 Å². The smallest absolute Gasteiger partial charge is 0.271 e. The summed E-state index contributed by atoms with van der Waals surface area (Å²) < 4.78 is 8.48. The summed E-state index contributed by atoms with van der Waals surface area (Å²) in [5.41, 5.74) is 6.38. The van der Waals surface area contributed by atoms with E-state index in [1.54, 1.807) is 18.2 Å². The summed E-state index contributed by atoms with van der Waals surface area (Å²) in [6, 6.07) is 27.4. The third kappa shape index (κ3) is 3.90. The van der Waals surface area contributed by atoms with Crippen molar-refractivity contribution in [2.75, 3.05) is 0 Å². The molecule has 2 aromatic heterocycles. The Balaban J connectivity index is 1.39. The van der Waals surface area contributed by atoms with Crippen LogP contribution in [0.5, 0.6) is 0 Å². The second-order valence-electron chi connectivity index (χ2n) is 9.35. The Hall–Kier alpha value is -3.64. The van der Waals surface area contributed by atoms with E-state index < -0.39 is 0 Å². The van der Waals surface area contributed by atoms with E-state index in [0.29, 0.717) is 30.9 Å². The van der Waals surface area contributed by atoms with E-state index in [4.69, 9.17) is 32.6 Å². The molecule has 7 heteroatoms. The number of aromatic nitrogens is 1. The first-order chi connectivity index (χ1) is 18.6. The van der Waals surface area contributed by atoms with E-state index >= 15 is 0 Å². The normalized spacial score (nSPS) is 16.6. The van der Waals surface area contributed by atoms with Gasteiger partial charge >= 0.3 is 0 Å². The number of halogens is 2. The molecule has 186 valence electrons. The number of benzene rings is 3. The molecule has 3 aromatic carbocycles. The molecule has 5 aromatic rings. The molecule has 0 fully saturated rings. The van der Waals surface area contributed by atoms with Crippen molar-refractivity contribution in [3.8, 4) is 11.3 Å². The highest BCUT2D eigenvalue weighted by molar-refractivity contribution is 7.07. The van der Waals surface area contributed by atoms with Crippen LogP contribution in [0.25, 0.3) is 23.1 Å². The van der Waals surface area contributed by atoms with Crippen LogP contribution in [0.3, 0.4) is 0 Å². The first kappa shape index (κ1) is 23.5. The van der Waals surface area contributed by atoms with Crippen molar-refractivity contribution in [3.05, 3.63) is 143 Å². The number of nitrogens with zero attached hydrogens (tertiary/aromatic N) is 2. The van der Waals surface area contributed by atoms with E-state index in [-0.39, 0.29) is 11.6 Å². The molecule has 2 aliphatic rings. The number of hydrogen-bond acceptors (Lipinski definition) is 4. The van der Waals surface area contributed by atoms with Crippen molar-refractivity contribution in [3.63, 3.8) is 0 Å². The minimum atomic E-state index is -0.196. The fraction of sp³-hybridized carbons (Fsp3) is 0.0968. The Bertz CT molecular complexity index is 1930. The maximum absolute atomic E-state index is 13.9. The molecule has 1 atom stereocenters. The molecule has 0 unspecified atom stereocenters. The number of furan rings is 1. The van der Waals surface area contributed by atoms with Gasteiger partial charge in [0.15, 0.2) is 4.80 Å². The van der Waals surface area contributed by atoms with Gasteiger partial charge in [-0.2, -0.15) is 0 Å². The van der Waals surface area contributed by atoms with Crippen LogP contribution in [-0.2, 0) is 6.42 Å². The van der Waals surface area contributed by atoms with Gasteiger partial charge < -0.3 is 4.42 Å². The lowest BCUT2D eigenvalue weighted by Crippen LogP contribution is -2.38. The number of hydrogen-bond donors (Lipinski definition) is 0. The summed E-state index contributed by atoms with van der Waals surface area (Å²) in [6.45, 7) is 0. The van der Waals surface area contributed by atoms with Gasteiger partial charge in [0, 0.05) is 22.2 Å². The Morgan fingerprint density at radius 1 is 0.921 bits per heavy atom. The number of allylic oxidation sites excluding steroid dienone is 1. The van der Waals surface area contributed by atoms with Crippen LogP contribution in [0.2, 0.25) is 10.0 Å². The van der Waals surface area contributed by atoms with Crippen molar-refractivity contribution in [1.82, 2.24) is 4.57 Å². The van der Waals surface area contributed by atoms with Crippen LogP contribution >= 0.6 is 34.5 Å². The van der Waals surface area contributed by atoms with E-state index in [0.717, 1.165) is 35.2 Å². The molecule has 0 spiro atoms. The zero-order chi connectivity index (χ0) is 25.8. The molecule has 38 heavy (non-hydrogen) atoms. The minimum absolute atomic E-state index is 0.0736. The van der Waals surface area contributed by atoms with Crippen molar-refractivity contribution in [1.29, 1.82) is 0 Å². The Morgan fingerprint density at radius 2 is 1.74 bits per heavy atom. The van der Waals surface area contributed by atoms with Gasteiger partial charge in [0.25, 0.3) is 5.56 Å². The highest BCUT2D eigenvalue weighted by Gasteiger charge is 2.32. The molecule has 0 amide bonds. The molecule has 4 nitrogen and oxygen atoms in total. The van der Waals surface area contributed by atoms with Crippen LogP contribution < -0.4 is 14.9 Å². The SMILES string of the molecule is O=c1/c(=C\c2ccc(-c3ccc(Cl)cc3Cl)o2)sc2n1[C@@H](c1ccccc1)C1=C(N=2)c2ccccc2CC1. The van der Waals surface area contributed by atoms with Gasteiger partial charge in [-0.3, -0.25) is 9.36 Å². The monoisotopic (exact) mass is 554 g/mol. The van der Waals surface area contributed by atoms with Crippen molar-refractivity contribution in [2.45, 2.75) is 18.9 Å². The first-order valence-corrected chi connectivity index (χ1v) is 13.9. The lowest BCUT2D eigenvalue weighted by molar-refractivity contribution is 0.570. The summed E-state index contributed by atoms with van der Waals surface area (Å²) >= 11 is 13.8. The van der Waals surface area contributed by atoms with E-state index in [9.17, 15) is 4.79 Å². The largest absolute Gasteiger partial charge is 0.457 e. The van der Waals surface area contributed by atoms with Gasteiger partial charge in [0.05, 0.1) is 21.3 Å². The molecule has 0 radical (unpaired) electrons. The fourth-order valence-corrected chi connectivity index (χ4v) is 6.83. The standard InChI is InChI=1S/C31H20Cl2N2O2S/c32-20-11-14-23(25(33)16-20)26-15-12-21(37-26)17-27-30(36)35-29(19-7-2-1-3-8-19)24-13-10-18-6-4-5-9-22(18)28(24)34-31(35)38-27/h1-9,11-12,14-17,29H,10,13H2/b27-17+/t29-/m0/s1. The number of rotatable bonds is 3. The van der Waals surface area contributed by atoms with Crippen LogP contribution in [0, 0.1) is 0 Å². The Morgan fingerprint density at radius 3 is 2.58 bits per heavy atom. The van der Waals surface area contributed by atoms with E-state index in [1.165, 1.54) is 22.5 Å². The zero-order valence-corrected chi connectivity index (χ0v) is 22.4. The quantitative estimate of drug-likeness (QED) is 0.244. The maximum atomic E-state index is 13.9. The number of aryl methyl sites for hydroxylation is 1. The number of fused-ring (bicyclic) bond motifs is 3. The fourth-order valence-electron chi connectivity index (χ4n) is 5.35. The van der Waals surface area contributed by atoms with Gasteiger partial charge in [0.1, 0.15) is 11.5 Å². The van der Waals surface area contributed by atoms with Crippen LogP contribution in [0.4, 0.5) is 0 Å². The molecule has 0 bridgehead atoms. The molecule has 3 heterocycles. The van der Waals surface area contributed by atoms with Gasteiger partial charge in [0.2, 0.25) is 0 Å². The molecule has 1 aliphatic heterocycles. The van der Waals surface area contributed by atoms with Gasteiger partial charge in [-0.25, -0.2) is 4.99 Å². The molecule has 7 rings (SSSR count). The Kier molecular flexibility index (Phi) is 5.73. The summed E-state index contributed by atoms with van der Waals surface area (Å²) in [4.78, 5) is 19.6. The van der Waals surface area contributed by atoms with E-state index in [2.05, 4.69) is 36.4 Å². The lowest BCUT2D eigenvalue weighted by Gasteiger charge is -2.30. The zero-order valence-electron chi connectivity index (χ0n) is 20.0. The van der Waals surface area contributed by atoms with Gasteiger partial charge in [-0.1, -0.05) is 89.1 Å². The molecule has 0 saturated heterocycles. The van der Waals surface area contributed by atoms with Crippen molar-refractivity contribution < 1.29 is 4.42 Å². The van der Waals surface area contributed by atoms with E-state index in [1.807, 2.05) is 41.0 Å².